The molecule has 2 aromatic carbocycles. The molecule has 2 heterocycles. The summed E-state index contributed by atoms with van der Waals surface area (Å²) in [5.74, 6) is -1.65. The Hall–Kier alpha value is -3.91. The number of carbonyl (C=O) groups excluding carboxylic acids is 3. The highest BCUT2D eigenvalue weighted by Crippen LogP contribution is 2.50. The van der Waals surface area contributed by atoms with Gasteiger partial charge in [0.1, 0.15) is 18.1 Å². The van der Waals surface area contributed by atoms with Crippen molar-refractivity contribution in [3.05, 3.63) is 76.9 Å². The van der Waals surface area contributed by atoms with Gasteiger partial charge in [-0.15, -0.1) is 0 Å². The van der Waals surface area contributed by atoms with E-state index in [0.717, 1.165) is 35.8 Å². The van der Waals surface area contributed by atoms with Crippen molar-refractivity contribution in [2.45, 2.75) is 32.3 Å². The van der Waals surface area contributed by atoms with Gasteiger partial charge in [-0.05, 0) is 67.2 Å². The minimum Gasteiger partial charge on any atom is -0.508 e. The first-order chi connectivity index (χ1) is 18.4. The molecule has 8 nitrogen and oxygen atoms in total. The predicted octanol–water partition coefficient (Wildman–Crippen LogP) is 4.74. The van der Waals surface area contributed by atoms with Gasteiger partial charge in [0.25, 0.3) is 0 Å². The van der Waals surface area contributed by atoms with Gasteiger partial charge in [0.15, 0.2) is 0 Å². The van der Waals surface area contributed by atoms with E-state index in [2.05, 4.69) is 13.0 Å². The molecule has 1 aliphatic carbocycles. The van der Waals surface area contributed by atoms with Crippen molar-refractivity contribution >= 4 is 24.0 Å². The third-order valence-electron chi connectivity index (χ3n) is 7.63. The maximum atomic E-state index is 13.2. The number of likely N-dealkylation sites (tertiary alicyclic amines) is 1. The quantitative estimate of drug-likeness (QED) is 0.418. The fourth-order valence-electron chi connectivity index (χ4n) is 5.85. The Labute approximate surface area is 221 Å². The fourth-order valence-corrected chi connectivity index (χ4v) is 5.85. The van der Waals surface area contributed by atoms with E-state index in [1.165, 1.54) is 0 Å². The van der Waals surface area contributed by atoms with E-state index in [4.69, 9.17) is 14.2 Å². The van der Waals surface area contributed by atoms with Crippen LogP contribution in [0.25, 0.3) is 6.08 Å². The Kier molecular flexibility index (Phi) is 7.33. The average Bonchev–Trinajstić information content (AvgIpc) is 3.46. The summed E-state index contributed by atoms with van der Waals surface area (Å²) in [6.07, 6.45) is 2.73. The van der Waals surface area contributed by atoms with Crippen molar-refractivity contribution in [3.8, 4) is 11.5 Å². The monoisotopic (exact) mass is 517 g/mol. The zero-order valence-corrected chi connectivity index (χ0v) is 21.5. The van der Waals surface area contributed by atoms with Gasteiger partial charge < -0.3 is 19.3 Å². The summed E-state index contributed by atoms with van der Waals surface area (Å²) in [6, 6.07) is 16.5. The van der Waals surface area contributed by atoms with Gasteiger partial charge in [0.2, 0.25) is 11.8 Å². The molecule has 2 fully saturated rings. The van der Waals surface area contributed by atoms with Crippen LogP contribution in [-0.4, -0.2) is 54.3 Å². The number of rotatable bonds is 7. The van der Waals surface area contributed by atoms with E-state index in [-0.39, 0.29) is 24.4 Å². The molecule has 0 unspecified atom stereocenters. The largest absolute Gasteiger partial charge is 0.508 e. The van der Waals surface area contributed by atoms with Crippen LogP contribution in [0.4, 0.5) is 4.79 Å². The molecule has 0 saturated carbocycles. The fraction of sp³-hybridized carbons (Fsp3) is 0.367. The van der Waals surface area contributed by atoms with Crippen LogP contribution in [-0.2, 0) is 19.1 Å². The first kappa shape index (κ1) is 25.7. The number of fused-ring (bicyclic) bond motifs is 3. The van der Waals surface area contributed by atoms with Crippen LogP contribution >= 0.6 is 0 Å². The van der Waals surface area contributed by atoms with Crippen molar-refractivity contribution in [2.24, 2.45) is 17.8 Å². The lowest BCUT2D eigenvalue weighted by molar-refractivity contribution is -0.137. The van der Waals surface area contributed by atoms with Gasteiger partial charge in [-0.25, -0.2) is 4.79 Å². The van der Waals surface area contributed by atoms with Crippen LogP contribution in [0.1, 0.15) is 31.7 Å². The number of benzene rings is 2. The molecule has 8 heteroatoms. The second kappa shape index (κ2) is 10.8. The number of para-hydroxylation sites is 1. The summed E-state index contributed by atoms with van der Waals surface area (Å²) in [6.45, 7) is 2.64. The third-order valence-corrected chi connectivity index (χ3v) is 7.63. The Balaban J connectivity index is 1.39. The summed E-state index contributed by atoms with van der Waals surface area (Å²) >= 11 is 0. The first-order valence-electron chi connectivity index (χ1n) is 12.8. The molecule has 0 bridgehead atoms. The lowest BCUT2D eigenvalue weighted by Gasteiger charge is -2.31. The highest BCUT2D eigenvalue weighted by Gasteiger charge is 2.59. The summed E-state index contributed by atoms with van der Waals surface area (Å²) in [5, 5.41) is 9.52. The molecule has 4 atom stereocenters. The molecule has 0 radical (unpaired) electrons. The second-order valence-corrected chi connectivity index (χ2v) is 10.0. The molecule has 1 N–H and O–H groups in total. The maximum Gasteiger partial charge on any atom is 0.423 e. The van der Waals surface area contributed by atoms with Gasteiger partial charge in [0.05, 0.1) is 31.7 Å². The number of aromatic hydroxyl groups is 1. The molecule has 0 aromatic heterocycles. The van der Waals surface area contributed by atoms with Gasteiger partial charge in [-0.3, -0.25) is 9.59 Å². The zero-order valence-electron chi connectivity index (χ0n) is 21.5. The molecule has 0 spiro atoms. The van der Waals surface area contributed by atoms with E-state index in [9.17, 15) is 19.5 Å². The number of carbonyl (C=O) groups is 3. The number of hydrogen-bond donors (Lipinski definition) is 1. The van der Waals surface area contributed by atoms with Crippen molar-refractivity contribution in [2.75, 3.05) is 20.3 Å². The van der Waals surface area contributed by atoms with Gasteiger partial charge in [-0.1, -0.05) is 42.0 Å². The van der Waals surface area contributed by atoms with Crippen molar-refractivity contribution < 1.29 is 33.7 Å². The van der Waals surface area contributed by atoms with Crippen LogP contribution in [0.3, 0.4) is 0 Å². The predicted molar refractivity (Wildman–Crippen MR) is 139 cm³/mol. The smallest absolute Gasteiger partial charge is 0.423 e. The lowest BCUT2D eigenvalue weighted by Crippen LogP contribution is -2.38. The van der Waals surface area contributed by atoms with E-state index in [1.54, 1.807) is 12.1 Å². The number of hydrogen-bond acceptors (Lipinski definition) is 7. The molecule has 2 aromatic rings. The lowest BCUT2D eigenvalue weighted by atomic mass is 9.69. The topological polar surface area (TPSA) is 102 Å². The Morgan fingerprint density at radius 3 is 2.53 bits per heavy atom. The molecule has 198 valence electrons. The molecule has 2 aliphatic heterocycles. The standard InChI is InChI=1S/C30H31NO7/c1-18(14-19-9-11-21(32)12-10-19)8-13-25-26-20(16-37-22-6-4-3-5-7-22)15-23-27(24(26)17-38-25)29(34)31(28(23)33)30(35)36-2/h3-7,9-12,14,23-25,27,32H,8,13,15-17H2,1-2H3/b18-14+/t23-,24+,25-,27-/m1/s1. The summed E-state index contributed by atoms with van der Waals surface area (Å²) in [5.41, 5.74) is 4.13. The molecule has 2 saturated heterocycles. The molecular formula is C30H31NO7. The Morgan fingerprint density at radius 2 is 1.82 bits per heavy atom. The zero-order chi connectivity index (χ0) is 26.8. The number of phenolic OH excluding ortho intramolecular Hbond substituents is 1. The van der Waals surface area contributed by atoms with Crippen LogP contribution in [0.2, 0.25) is 0 Å². The number of amides is 3. The van der Waals surface area contributed by atoms with Crippen LogP contribution < -0.4 is 4.74 Å². The molecule has 3 amide bonds. The number of imide groups is 3. The summed E-state index contributed by atoms with van der Waals surface area (Å²) in [4.78, 5) is 39.3. The summed E-state index contributed by atoms with van der Waals surface area (Å²) in [7, 11) is 1.16. The summed E-state index contributed by atoms with van der Waals surface area (Å²) < 4.78 is 17.0. The van der Waals surface area contributed by atoms with Crippen LogP contribution in [0.5, 0.6) is 11.5 Å². The van der Waals surface area contributed by atoms with E-state index >= 15 is 0 Å². The maximum absolute atomic E-state index is 13.2. The number of ether oxygens (including phenoxy) is 3. The van der Waals surface area contributed by atoms with Crippen LogP contribution in [0, 0.1) is 17.8 Å². The molecule has 38 heavy (non-hydrogen) atoms. The van der Waals surface area contributed by atoms with Crippen molar-refractivity contribution in [3.63, 3.8) is 0 Å². The SMILES string of the molecule is COC(=O)N1C(=O)[C@@H]2[C@@H](CC(COc3ccccc3)=C3[C@@H](CC/C(C)=C/c4ccc(O)cc4)OC[C@@H]32)C1=O. The molecular weight excluding hydrogens is 486 g/mol. The van der Waals surface area contributed by atoms with E-state index in [1.807, 2.05) is 42.5 Å². The Morgan fingerprint density at radius 1 is 1.08 bits per heavy atom. The first-order valence-corrected chi connectivity index (χ1v) is 12.8. The third kappa shape index (κ3) is 4.96. The number of nitrogens with zero attached hydrogens (tertiary/aromatic N) is 1. The highest BCUT2D eigenvalue weighted by molar-refractivity contribution is 6.16. The van der Waals surface area contributed by atoms with E-state index < -0.39 is 29.7 Å². The second-order valence-electron chi connectivity index (χ2n) is 10.0. The number of phenols is 1. The van der Waals surface area contributed by atoms with Crippen molar-refractivity contribution in [1.29, 1.82) is 0 Å². The van der Waals surface area contributed by atoms with E-state index in [0.29, 0.717) is 30.1 Å². The van der Waals surface area contributed by atoms with Crippen LogP contribution in [0.15, 0.2) is 71.3 Å². The van der Waals surface area contributed by atoms with Gasteiger partial charge >= 0.3 is 6.09 Å². The van der Waals surface area contributed by atoms with Gasteiger partial charge in [-0.2, -0.15) is 4.90 Å². The molecule has 5 rings (SSSR count). The minimum atomic E-state index is -0.941. The average molecular weight is 518 g/mol. The highest BCUT2D eigenvalue weighted by atomic mass is 16.5. The number of methoxy groups -OCH3 is 1. The molecule has 3 aliphatic rings. The van der Waals surface area contributed by atoms with Crippen molar-refractivity contribution in [1.82, 2.24) is 4.90 Å². The Bertz CT molecular complexity index is 1280. The number of allylic oxidation sites excluding steroid dienone is 1. The minimum absolute atomic E-state index is 0.214. The van der Waals surface area contributed by atoms with Gasteiger partial charge in [0, 0.05) is 5.92 Å². The normalized spacial score (nSPS) is 24.9.